The number of carbonyl (C=O) groups excluding carboxylic acids is 1. The fourth-order valence-electron chi connectivity index (χ4n) is 3.96. The number of hydrazine groups is 1. The van der Waals surface area contributed by atoms with Gasteiger partial charge in [-0.2, -0.15) is 0 Å². The molecule has 2 aliphatic heterocycles. The predicted molar refractivity (Wildman–Crippen MR) is 97.2 cm³/mol. The molecule has 1 spiro atoms. The fraction of sp³-hybridized carbons (Fsp3) is 0.389. The molecule has 0 bridgehead atoms. The molecule has 4 rings (SSSR count). The highest BCUT2D eigenvalue weighted by atomic mass is 32.2. The number of sulfonamides is 1. The van der Waals surface area contributed by atoms with Crippen molar-refractivity contribution in [2.75, 3.05) is 26.2 Å². The maximum absolute atomic E-state index is 13.1. The van der Waals surface area contributed by atoms with E-state index in [0.717, 1.165) is 17.8 Å². The van der Waals surface area contributed by atoms with Gasteiger partial charge in [-0.05, 0) is 36.8 Å². The zero-order chi connectivity index (χ0) is 19.1. The van der Waals surface area contributed by atoms with Crippen molar-refractivity contribution < 1.29 is 17.6 Å². The summed E-state index contributed by atoms with van der Waals surface area (Å²) in [5.41, 5.74) is 0.139. The molecule has 2 saturated heterocycles. The van der Waals surface area contributed by atoms with Gasteiger partial charge in [0.1, 0.15) is 5.82 Å². The summed E-state index contributed by atoms with van der Waals surface area (Å²) in [5, 5.41) is 4.88. The minimum Gasteiger partial charge on any atom is -0.328 e. The highest BCUT2D eigenvalue weighted by Crippen LogP contribution is 2.37. The van der Waals surface area contributed by atoms with Crippen molar-refractivity contribution in [2.24, 2.45) is 0 Å². The smallest absolute Gasteiger partial charge is 0.257 e. The number of piperazine rings is 1. The molecule has 0 aromatic heterocycles. The summed E-state index contributed by atoms with van der Waals surface area (Å²) in [5.74, 6) is -0.487. The van der Waals surface area contributed by atoms with E-state index < -0.39 is 21.4 Å². The van der Waals surface area contributed by atoms with Gasteiger partial charge in [0.25, 0.3) is 10.0 Å². The van der Waals surface area contributed by atoms with E-state index in [4.69, 9.17) is 0 Å². The first-order valence-corrected chi connectivity index (χ1v) is 10.3. The lowest BCUT2D eigenvalue weighted by atomic mass is 9.84. The van der Waals surface area contributed by atoms with Crippen molar-refractivity contribution in [1.82, 2.24) is 20.1 Å². The number of hydrogen-bond acceptors (Lipinski definition) is 5. The van der Waals surface area contributed by atoms with E-state index in [9.17, 15) is 17.6 Å². The van der Waals surface area contributed by atoms with E-state index >= 15 is 0 Å². The summed E-state index contributed by atoms with van der Waals surface area (Å²) in [6, 6.07) is 4.66. The third-order valence-corrected chi connectivity index (χ3v) is 6.62. The second-order valence-electron chi connectivity index (χ2n) is 6.89. The van der Waals surface area contributed by atoms with E-state index in [2.05, 4.69) is 10.1 Å². The molecule has 0 saturated carbocycles. The monoisotopic (exact) mass is 392 g/mol. The molecule has 1 aromatic carbocycles. The molecular weight excluding hydrogens is 371 g/mol. The maximum atomic E-state index is 13.1. The van der Waals surface area contributed by atoms with Gasteiger partial charge in [-0.15, -0.1) is 4.83 Å². The zero-order valence-corrected chi connectivity index (χ0v) is 15.5. The van der Waals surface area contributed by atoms with Crippen molar-refractivity contribution in [3.8, 4) is 0 Å². The Hall–Kier alpha value is -2.23. The Morgan fingerprint density at radius 1 is 1.19 bits per heavy atom. The van der Waals surface area contributed by atoms with Gasteiger partial charge in [0.2, 0.25) is 5.91 Å². The molecule has 7 nitrogen and oxygen atoms in total. The van der Waals surface area contributed by atoms with Crippen molar-refractivity contribution in [2.45, 2.75) is 23.3 Å². The molecule has 1 aliphatic carbocycles. The Bertz CT molecular complexity index is 913. The van der Waals surface area contributed by atoms with Crippen LogP contribution in [0.4, 0.5) is 4.39 Å². The van der Waals surface area contributed by atoms with E-state index in [-0.39, 0.29) is 23.8 Å². The Morgan fingerprint density at radius 3 is 2.74 bits per heavy atom. The lowest BCUT2D eigenvalue weighted by Crippen LogP contribution is -2.65. The van der Waals surface area contributed by atoms with Crippen LogP contribution in [0.25, 0.3) is 0 Å². The van der Waals surface area contributed by atoms with Gasteiger partial charge < -0.3 is 10.2 Å². The third kappa shape index (κ3) is 3.15. The van der Waals surface area contributed by atoms with Gasteiger partial charge in [-0.1, -0.05) is 12.2 Å². The highest BCUT2D eigenvalue weighted by Gasteiger charge is 2.48. The molecule has 0 radical (unpaired) electrons. The highest BCUT2D eigenvalue weighted by molar-refractivity contribution is 7.89. The van der Waals surface area contributed by atoms with Gasteiger partial charge in [0.15, 0.2) is 0 Å². The molecule has 1 atom stereocenters. The minimum atomic E-state index is -3.91. The van der Waals surface area contributed by atoms with Gasteiger partial charge in [0, 0.05) is 32.6 Å². The molecule has 2 fully saturated rings. The molecule has 9 heteroatoms. The van der Waals surface area contributed by atoms with Crippen LogP contribution in [-0.2, 0) is 14.8 Å². The number of halogens is 1. The first-order valence-electron chi connectivity index (χ1n) is 8.86. The van der Waals surface area contributed by atoms with Crippen LogP contribution in [0.3, 0.4) is 0 Å². The summed E-state index contributed by atoms with van der Waals surface area (Å²) in [7, 11) is -3.91. The topological polar surface area (TPSA) is 81.8 Å². The first-order chi connectivity index (χ1) is 12.9. The molecule has 27 heavy (non-hydrogen) atoms. The normalized spacial score (nSPS) is 25.5. The number of rotatable bonds is 3. The molecule has 3 aliphatic rings. The van der Waals surface area contributed by atoms with Crippen LogP contribution in [-0.4, -0.2) is 56.0 Å². The number of nitrogens with one attached hydrogen (secondary N) is 2. The number of allylic oxidation sites excluding steroid dienone is 2. The Balaban J connectivity index is 1.70. The minimum absolute atomic E-state index is 0.0150. The first kappa shape index (κ1) is 18.1. The number of carbonyl (C=O) groups is 1. The number of amides is 1. The Morgan fingerprint density at radius 2 is 1.96 bits per heavy atom. The fourth-order valence-corrected chi connectivity index (χ4v) is 5.04. The molecule has 1 unspecified atom stereocenters. The Labute approximate surface area is 157 Å². The molecule has 2 heterocycles. The lowest BCUT2D eigenvalue weighted by molar-refractivity contribution is -0.136. The predicted octanol–water partition coefficient (Wildman–Crippen LogP) is 0.739. The molecule has 1 aromatic rings. The molecule has 1 amide bonds. The summed E-state index contributed by atoms with van der Waals surface area (Å²) >= 11 is 0. The standard InChI is InChI=1S/C18H21FN4O3S/c19-14-4-6-15(7-5-14)27(25,26)21-23-11-8-17(24)22-12-10-20-13-18(22)9-2-1-3-16(18)23/h1-7,20-21H,8-13H2. The van der Waals surface area contributed by atoms with Gasteiger partial charge in [-0.25, -0.2) is 12.8 Å². The summed E-state index contributed by atoms with van der Waals surface area (Å²) in [6.07, 6.45) is 6.56. The van der Waals surface area contributed by atoms with Gasteiger partial charge >= 0.3 is 0 Å². The van der Waals surface area contributed by atoms with E-state index in [1.165, 1.54) is 12.1 Å². The average molecular weight is 392 g/mol. The number of hydrogen-bond donors (Lipinski definition) is 2. The SMILES string of the molecule is O=C1CCN(NS(=O)(=O)c2ccc(F)cc2)C2=CC=CCC23CNCCN13. The van der Waals surface area contributed by atoms with Crippen LogP contribution in [0.2, 0.25) is 0 Å². The van der Waals surface area contributed by atoms with E-state index in [1.807, 2.05) is 23.1 Å². The molecule has 144 valence electrons. The summed E-state index contributed by atoms with van der Waals surface area (Å²) < 4.78 is 38.8. The molecular formula is C18H21FN4O3S. The second-order valence-corrected chi connectivity index (χ2v) is 8.55. The number of nitrogens with zero attached hydrogens (tertiary/aromatic N) is 2. The van der Waals surface area contributed by atoms with Crippen LogP contribution >= 0.6 is 0 Å². The van der Waals surface area contributed by atoms with Crippen LogP contribution in [0.1, 0.15) is 12.8 Å². The molecule has 2 N–H and O–H groups in total. The summed E-state index contributed by atoms with van der Waals surface area (Å²) in [6.45, 7) is 2.09. The maximum Gasteiger partial charge on any atom is 0.257 e. The van der Waals surface area contributed by atoms with E-state index in [0.29, 0.717) is 26.1 Å². The van der Waals surface area contributed by atoms with E-state index in [1.54, 1.807) is 5.01 Å². The lowest BCUT2D eigenvalue weighted by Gasteiger charge is -2.49. The third-order valence-electron chi connectivity index (χ3n) is 5.26. The Kier molecular flexibility index (Phi) is 4.53. The quantitative estimate of drug-likeness (QED) is 0.793. The number of benzene rings is 1. The van der Waals surface area contributed by atoms with Crippen LogP contribution in [0, 0.1) is 5.82 Å². The second kappa shape index (κ2) is 6.74. The van der Waals surface area contributed by atoms with Gasteiger partial charge in [-0.3, -0.25) is 9.80 Å². The van der Waals surface area contributed by atoms with Crippen molar-refractivity contribution >= 4 is 15.9 Å². The van der Waals surface area contributed by atoms with Crippen molar-refractivity contribution in [3.63, 3.8) is 0 Å². The van der Waals surface area contributed by atoms with Crippen LogP contribution in [0.15, 0.2) is 53.1 Å². The largest absolute Gasteiger partial charge is 0.328 e. The van der Waals surface area contributed by atoms with Crippen molar-refractivity contribution in [1.29, 1.82) is 0 Å². The zero-order valence-electron chi connectivity index (χ0n) is 14.7. The summed E-state index contributed by atoms with van der Waals surface area (Å²) in [4.78, 5) is 17.1. The van der Waals surface area contributed by atoms with Crippen LogP contribution < -0.4 is 10.1 Å². The van der Waals surface area contributed by atoms with Gasteiger partial charge in [0.05, 0.1) is 16.1 Å². The van der Waals surface area contributed by atoms with Crippen molar-refractivity contribution in [3.05, 3.63) is 54.0 Å². The average Bonchev–Trinajstić information content (AvgIpc) is 2.77. The van der Waals surface area contributed by atoms with Crippen LogP contribution in [0.5, 0.6) is 0 Å².